The number of hydrogen-bond acceptors (Lipinski definition) is 4. The Labute approximate surface area is 113 Å². The molecule has 0 fully saturated rings. The van der Waals surface area contributed by atoms with Gasteiger partial charge >= 0.3 is 0 Å². The van der Waals surface area contributed by atoms with Gasteiger partial charge in [0.05, 0.1) is 4.88 Å². The lowest BCUT2D eigenvalue weighted by molar-refractivity contribution is 0.0957. The zero-order valence-electron chi connectivity index (χ0n) is 11.4. The fourth-order valence-corrected chi connectivity index (χ4v) is 2.71. The summed E-state index contributed by atoms with van der Waals surface area (Å²) in [6.07, 6.45) is 1.20. The summed E-state index contributed by atoms with van der Waals surface area (Å²) in [6.45, 7) is 9.69. The third-order valence-corrected chi connectivity index (χ3v) is 4.18. The van der Waals surface area contributed by atoms with E-state index in [1.54, 1.807) is 0 Å². The topological polar surface area (TPSA) is 58.4 Å². The second-order valence-corrected chi connectivity index (χ2v) is 5.75. The molecule has 1 amide bonds. The number of carbonyl (C=O) groups excluding carboxylic acids is 1. The normalized spacial score (nSPS) is 12.7. The van der Waals surface area contributed by atoms with Gasteiger partial charge in [-0.15, -0.1) is 11.3 Å². The molecule has 102 valence electrons. The highest BCUT2D eigenvalue weighted by molar-refractivity contribution is 7.14. The maximum absolute atomic E-state index is 11.4. The van der Waals surface area contributed by atoms with Gasteiger partial charge in [-0.05, 0) is 24.6 Å². The van der Waals surface area contributed by atoms with Gasteiger partial charge in [-0.1, -0.05) is 27.2 Å². The minimum atomic E-state index is -0.212. The lowest BCUT2D eigenvalue weighted by Gasteiger charge is -2.22. The molecule has 5 heteroatoms. The van der Waals surface area contributed by atoms with Crippen LogP contribution in [0, 0.1) is 5.92 Å². The van der Waals surface area contributed by atoms with Crippen LogP contribution in [-0.2, 0) is 6.54 Å². The van der Waals surface area contributed by atoms with Crippen LogP contribution < -0.4 is 11.3 Å². The Morgan fingerprint density at radius 1 is 1.50 bits per heavy atom. The second kappa shape index (κ2) is 7.51. The zero-order valence-corrected chi connectivity index (χ0v) is 12.2. The summed E-state index contributed by atoms with van der Waals surface area (Å²) in [5.41, 5.74) is 2.16. The Hall–Kier alpha value is -0.910. The third kappa shape index (κ3) is 4.40. The van der Waals surface area contributed by atoms with Gasteiger partial charge in [0.1, 0.15) is 0 Å². The van der Waals surface area contributed by atoms with Crippen LogP contribution in [0.3, 0.4) is 0 Å². The first-order chi connectivity index (χ1) is 8.60. The van der Waals surface area contributed by atoms with E-state index in [9.17, 15) is 4.79 Å². The van der Waals surface area contributed by atoms with Crippen molar-refractivity contribution in [1.29, 1.82) is 0 Å². The molecule has 0 aliphatic rings. The molecule has 4 nitrogen and oxygen atoms in total. The number of nitrogens with one attached hydrogen (secondary N) is 1. The number of nitrogens with two attached hydrogens (primary N) is 1. The average molecular weight is 269 g/mol. The molecule has 1 atom stereocenters. The number of hydrazine groups is 1. The summed E-state index contributed by atoms with van der Waals surface area (Å²) in [7, 11) is 0. The van der Waals surface area contributed by atoms with Crippen LogP contribution in [0.15, 0.2) is 12.1 Å². The molecule has 0 aromatic carbocycles. The van der Waals surface area contributed by atoms with Gasteiger partial charge < -0.3 is 0 Å². The van der Waals surface area contributed by atoms with E-state index >= 15 is 0 Å². The van der Waals surface area contributed by atoms with E-state index in [4.69, 9.17) is 5.84 Å². The molecule has 1 aromatic rings. The van der Waals surface area contributed by atoms with E-state index in [1.165, 1.54) is 22.6 Å². The quantitative estimate of drug-likeness (QED) is 0.453. The smallest absolute Gasteiger partial charge is 0.275 e. The largest absolute Gasteiger partial charge is 0.298 e. The molecule has 0 spiro atoms. The molecule has 1 unspecified atom stereocenters. The first-order valence-electron chi connectivity index (χ1n) is 6.42. The van der Waals surface area contributed by atoms with Gasteiger partial charge in [-0.3, -0.25) is 15.1 Å². The molecule has 18 heavy (non-hydrogen) atoms. The lowest BCUT2D eigenvalue weighted by atomic mass is 10.1. The van der Waals surface area contributed by atoms with Crippen LogP contribution in [0.5, 0.6) is 0 Å². The molecule has 0 radical (unpaired) electrons. The highest BCUT2D eigenvalue weighted by atomic mass is 32.1. The molecule has 0 saturated heterocycles. The molecule has 0 aliphatic carbocycles. The first-order valence-corrected chi connectivity index (χ1v) is 7.24. The van der Waals surface area contributed by atoms with Gasteiger partial charge in [0.2, 0.25) is 0 Å². The van der Waals surface area contributed by atoms with Crippen molar-refractivity contribution >= 4 is 17.2 Å². The average Bonchev–Trinajstić information content (AvgIpc) is 2.85. The van der Waals surface area contributed by atoms with Crippen molar-refractivity contribution in [2.45, 2.75) is 33.7 Å². The standard InChI is InChI=1S/C13H23N3OS/c1-4-10(3)8-16(5-2)9-11-6-7-12(18-11)13(17)15-14/h6-7,10H,4-5,8-9,14H2,1-3H3,(H,15,17). The Bertz CT molecular complexity index is 378. The van der Waals surface area contributed by atoms with Gasteiger partial charge in [-0.2, -0.15) is 0 Å². The maximum atomic E-state index is 11.4. The van der Waals surface area contributed by atoms with Gasteiger partial charge in [0.15, 0.2) is 0 Å². The summed E-state index contributed by atoms with van der Waals surface area (Å²) in [6, 6.07) is 3.84. The molecular weight excluding hydrogens is 246 g/mol. The predicted molar refractivity (Wildman–Crippen MR) is 76.4 cm³/mol. The number of thiophene rings is 1. The van der Waals surface area contributed by atoms with Crippen molar-refractivity contribution in [3.8, 4) is 0 Å². The van der Waals surface area contributed by atoms with E-state index in [0.29, 0.717) is 10.8 Å². The van der Waals surface area contributed by atoms with Crippen LogP contribution >= 0.6 is 11.3 Å². The van der Waals surface area contributed by atoms with Crippen molar-refractivity contribution in [2.24, 2.45) is 11.8 Å². The summed E-state index contributed by atoms with van der Waals surface area (Å²) in [5, 5.41) is 0. The van der Waals surface area contributed by atoms with Crippen LogP contribution in [-0.4, -0.2) is 23.9 Å². The molecule has 0 aliphatic heterocycles. The Kier molecular flexibility index (Phi) is 6.32. The second-order valence-electron chi connectivity index (χ2n) is 4.58. The molecule has 1 rings (SSSR count). The Balaban J connectivity index is 2.59. The van der Waals surface area contributed by atoms with E-state index in [1.807, 2.05) is 12.1 Å². The molecule has 0 saturated carbocycles. The Morgan fingerprint density at radius 2 is 2.22 bits per heavy atom. The van der Waals surface area contributed by atoms with E-state index in [0.717, 1.165) is 19.6 Å². The molecule has 0 bridgehead atoms. The summed E-state index contributed by atoms with van der Waals surface area (Å²) in [5.74, 6) is 5.61. The third-order valence-electron chi connectivity index (χ3n) is 3.11. The highest BCUT2D eigenvalue weighted by Gasteiger charge is 2.11. The number of amides is 1. The van der Waals surface area contributed by atoms with Gasteiger partial charge in [-0.25, -0.2) is 5.84 Å². The summed E-state index contributed by atoms with van der Waals surface area (Å²) in [4.78, 5) is 15.7. The van der Waals surface area contributed by atoms with Crippen molar-refractivity contribution < 1.29 is 4.79 Å². The first kappa shape index (κ1) is 15.1. The number of carbonyl (C=O) groups is 1. The molecular formula is C13H23N3OS. The van der Waals surface area contributed by atoms with Crippen LogP contribution in [0.25, 0.3) is 0 Å². The van der Waals surface area contributed by atoms with Crippen LogP contribution in [0.4, 0.5) is 0 Å². The zero-order chi connectivity index (χ0) is 13.5. The minimum Gasteiger partial charge on any atom is -0.298 e. The van der Waals surface area contributed by atoms with Gasteiger partial charge in [0.25, 0.3) is 5.91 Å². The monoisotopic (exact) mass is 269 g/mol. The maximum Gasteiger partial charge on any atom is 0.275 e. The number of rotatable bonds is 7. The number of nitrogens with zero attached hydrogens (tertiary/aromatic N) is 1. The fourth-order valence-electron chi connectivity index (χ4n) is 1.75. The minimum absolute atomic E-state index is 0.212. The van der Waals surface area contributed by atoms with E-state index in [2.05, 4.69) is 31.1 Å². The van der Waals surface area contributed by atoms with E-state index < -0.39 is 0 Å². The molecule has 1 heterocycles. The van der Waals surface area contributed by atoms with Gasteiger partial charge in [0, 0.05) is 18.0 Å². The summed E-state index contributed by atoms with van der Waals surface area (Å²) >= 11 is 1.51. The predicted octanol–water partition coefficient (Wildman–Crippen LogP) is 2.22. The molecule has 3 N–H and O–H groups in total. The SMILES string of the molecule is CCC(C)CN(CC)Cc1ccc(C(=O)NN)s1. The molecule has 1 aromatic heterocycles. The summed E-state index contributed by atoms with van der Waals surface area (Å²) < 4.78 is 0. The van der Waals surface area contributed by atoms with Crippen LogP contribution in [0.2, 0.25) is 0 Å². The highest BCUT2D eigenvalue weighted by Crippen LogP contribution is 2.19. The Morgan fingerprint density at radius 3 is 2.78 bits per heavy atom. The van der Waals surface area contributed by atoms with Crippen molar-refractivity contribution in [3.63, 3.8) is 0 Å². The van der Waals surface area contributed by atoms with Crippen molar-refractivity contribution in [1.82, 2.24) is 10.3 Å². The lowest BCUT2D eigenvalue weighted by Crippen LogP contribution is -2.29. The van der Waals surface area contributed by atoms with Crippen molar-refractivity contribution in [3.05, 3.63) is 21.9 Å². The van der Waals surface area contributed by atoms with Crippen molar-refractivity contribution in [2.75, 3.05) is 13.1 Å². The van der Waals surface area contributed by atoms with E-state index in [-0.39, 0.29) is 5.91 Å². The fraction of sp³-hybridized carbons (Fsp3) is 0.615. The number of hydrogen-bond donors (Lipinski definition) is 2. The number of nitrogen functional groups attached to an aromatic ring is 1. The van der Waals surface area contributed by atoms with Crippen LogP contribution in [0.1, 0.15) is 41.7 Å².